The monoisotopic (exact) mass is 304 g/mol. The van der Waals surface area contributed by atoms with Gasteiger partial charge >= 0.3 is 11.8 Å². The molecule has 1 aliphatic rings. The third-order valence-corrected chi connectivity index (χ3v) is 3.19. The number of amides is 2. The number of rotatable bonds is 5. The van der Waals surface area contributed by atoms with E-state index in [-0.39, 0.29) is 11.7 Å². The molecule has 2 N–H and O–H groups in total. The first kappa shape index (κ1) is 15.6. The van der Waals surface area contributed by atoms with Gasteiger partial charge < -0.3 is 5.32 Å². The van der Waals surface area contributed by atoms with Crippen molar-refractivity contribution in [3.05, 3.63) is 39.4 Å². The Morgan fingerprint density at radius 2 is 2.14 bits per heavy atom. The second-order valence-electron chi connectivity index (χ2n) is 4.95. The van der Waals surface area contributed by atoms with Crippen molar-refractivity contribution in [2.75, 3.05) is 0 Å². The fraction of sp³-hybridized carbons (Fsp3) is 0.357. The summed E-state index contributed by atoms with van der Waals surface area (Å²) in [5.74, 6) is -1.59. The maximum Gasteiger partial charge on any atom is 0.329 e. The van der Waals surface area contributed by atoms with Gasteiger partial charge in [0.05, 0.1) is 11.1 Å². The van der Waals surface area contributed by atoms with E-state index in [2.05, 4.69) is 15.8 Å². The number of carbonyl (C=O) groups is 2. The summed E-state index contributed by atoms with van der Waals surface area (Å²) in [6, 6.07) is 4.76. The number of hydrazone groups is 1. The van der Waals surface area contributed by atoms with Crippen LogP contribution in [0.25, 0.3) is 0 Å². The molecule has 1 aliphatic carbocycles. The number of hydrogen-bond acceptors (Lipinski definition) is 5. The van der Waals surface area contributed by atoms with Crippen molar-refractivity contribution < 1.29 is 14.5 Å². The third-order valence-electron chi connectivity index (χ3n) is 3.19. The highest BCUT2D eigenvalue weighted by atomic mass is 16.6. The van der Waals surface area contributed by atoms with Crippen LogP contribution in [0.1, 0.15) is 30.9 Å². The van der Waals surface area contributed by atoms with Crippen molar-refractivity contribution in [2.24, 2.45) is 5.10 Å². The van der Waals surface area contributed by atoms with E-state index in [1.54, 1.807) is 12.1 Å². The van der Waals surface area contributed by atoms with Crippen LogP contribution < -0.4 is 10.7 Å². The molecule has 1 fully saturated rings. The van der Waals surface area contributed by atoms with Crippen LogP contribution in [0.5, 0.6) is 0 Å². The van der Waals surface area contributed by atoms with Crippen molar-refractivity contribution in [2.45, 2.75) is 32.2 Å². The average molecular weight is 304 g/mol. The van der Waals surface area contributed by atoms with Crippen molar-refractivity contribution in [1.29, 1.82) is 0 Å². The van der Waals surface area contributed by atoms with Crippen molar-refractivity contribution in [1.82, 2.24) is 10.7 Å². The number of carbonyl (C=O) groups excluding carboxylic acids is 2. The quantitative estimate of drug-likeness (QED) is 0.364. The SMILES string of the molecule is CCc1ccc(/C=N\NC(=O)C(=O)NC2CC2)cc1[N+](=O)[O-]. The molecule has 22 heavy (non-hydrogen) atoms. The highest BCUT2D eigenvalue weighted by molar-refractivity contribution is 6.35. The molecule has 1 saturated carbocycles. The van der Waals surface area contributed by atoms with E-state index >= 15 is 0 Å². The van der Waals surface area contributed by atoms with Crippen LogP contribution in [0.3, 0.4) is 0 Å². The summed E-state index contributed by atoms with van der Waals surface area (Å²) in [7, 11) is 0. The summed E-state index contributed by atoms with van der Waals surface area (Å²) in [5, 5.41) is 17.1. The van der Waals surface area contributed by atoms with Crippen LogP contribution in [-0.4, -0.2) is 29.0 Å². The summed E-state index contributed by atoms with van der Waals surface area (Å²) in [5.41, 5.74) is 3.18. The zero-order chi connectivity index (χ0) is 16.1. The lowest BCUT2D eigenvalue weighted by Crippen LogP contribution is -2.38. The van der Waals surface area contributed by atoms with Gasteiger partial charge in [-0.1, -0.05) is 19.1 Å². The Morgan fingerprint density at radius 1 is 1.41 bits per heavy atom. The van der Waals surface area contributed by atoms with Crippen molar-refractivity contribution in [3.63, 3.8) is 0 Å². The number of hydrogen-bond donors (Lipinski definition) is 2. The van der Waals surface area contributed by atoms with Crippen LogP contribution in [0.4, 0.5) is 5.69 Å². The van der Waals surface area contributed by atoms with Gasteiger partial charge in [0, 0.05) is 23.2 Å². The molecule has 0 bridgehead atoms. The van der Waals surface area contributed by atoms with Crippen LogP contribution in [-0.2, 0) is 16.0 Å². The van der Waals surface area contributed by atoms with Gasteiger partial charge in [-0.2, -0.15) is 5.10 Å². The number of nitro groups is 1. The van der Waals surface area contributed by atoms with Gasteiger partial charge in [0.2, 0.25) is 0 Å². The molecule has 0 saturated heterocycles. The summed E-state index contributed by atoms with van der Waals surface area (Å²) >= 11 is 0. The van der Waals surface area contributed by atoms with Gasteiger partial charge in [0.1, 0.15) is 0 Å². The first-order valence-corrected chi connectivity index (χ1v) is 6.92. The summed E-state index contributed by atoms with van der Waals surface area (Å²) < 4.78 is 0. The molecule has 1 aromatic carbocycles. The van der Waals surface area contributed by atoms with E-state index in [9.17, 15) is 19.7 Å². The minimum absolute atomic E-state index is 0.00394. The van der Waals surface area contributed by atoms with E-state index in [0.717, 1.165) is 12.8 Å². The molecular weight excluding hydrogens is 288 g/mol. The van der Waals surface area contributed by atoms with Gasteiger partial charge in [-0.25, -0.2) is 5.43 Å². The average Bonchev–Trinajstić information content (AvgIpc) is 3.30. The number of aryl methyl sites for hydroxylation is 1. The Kier molecular flexibility index (Phi) is 4.82. The Labute approximate surface area is 126 Å². The van der Waals surface area contributed by atoms with Crippen molar-refractivity contribution in [3.8, 4) is 0 Å². The lowest BCUT2D eigenvalue weighted by Gasteiger charge is -2.02. The lowest BCUT2D eigenvalue weighted by molar-refractivity contribution is -0.385. The first-order valence-electron chi connectivity index (χ1n) is 6.92. The summed E-state index contributed by atoms with van der Waals surface area (Å²) in [6.45, 7) is 1.83. The molecule has 2 rings (SSSR count). The van der Waals surface area contributed by atoms with Crippen molar-refractivity contribution >= 4 is 23.7 Å². The molecule has 2 amide bonds. The van der Waals surface area contributed by atoms with E-state index in [4.69, 9.17) is 0 Å². The second kappa shape index (κ2) is 6.79. The first-order chi connectivity index (χ1) is 10.5. The molecule has 0 radical (unpaired) electrons. The maximum atomic E-state index is 11.4. The van der Waals surface area contributed by atoms with Crippen LogP contribution in [0.2, 0.25) is 0 Å². The molecular formula is C14H16N4O4. The Morgan fingerprint density at radius 3 is 2.73 bits per heavy atom. The maximum absolute atomic E-state index is 11.4. The highest BCUT2D eigenvalue weighted by Crippen LogP contribution is 2.20. The largest absolute Gasteiger partial charge is 0.345 e. The minimum Gasteiger partial charge on any atom is -0.345 e. The number of nitro benzene ring substituents is 1. The molecule has 8 heteroatoms. The standard InChI is InChI=1S/C14H16N4O4/c1-2-10-4-3-9(7-12(10)18(21)22)8-15-17-14(20)13(19)16-11-5-6-11/h3-4,7-8,11H,2,5-6H2,1H3,(H,16,19)(H,17,20)/b15-8-. The molecule has 0 spiro atoms. The topological polar surface area (TPSA) is 114 Å². The fourth-order valence-corrected chi connectivity index (χ4v) is 1.82. The molecule has 0 aromatic heterocycles. The molecule has 0 atom stereocenters. The van der Waals surface area contributed by atoms with Gasteiger partial charge in [-0.05, 0) is 19.3 Å². The molecule has 116 valence electrons. The number of benzene rings is 1. The lowest BCUT2D eigenvalue weighted by atomic mass is 10.1. The van der Waals surface area contributed by atoms with Gasteiger partial charge in [-0.15, -0.1) is 0 Å². The Balaban J connectivity index is 1.97. The summed E-state index contributed by atoms with van der Waals surface area (Å²) in [4.78, 5) is 33.3. The van der Waals surface area contributed by atoms with E-state index in [1.165, 1.54) is 12.3 Å². The van der Waals surface area contributed by atoms with E-state index in [1.807, 2.05) is 6.92 Å². The highest BCUT2D eigenvalue weighted by Gasteiger charge is 2.26. The predicted octanol–water partition coefficient (Wildman–Crippen LogP) is 0.886. The van der Waals surface area contributed by atoms with Crippen LogP contribution >= 0.6 is 0 Å². The molecule has 0 unspecified atom stereocenters. The molecule has 1 aromatic rings. The normalized spacial score (nSPS) is 13.9. The zero-order valence-electron chi connectivity index (χ0n) is 12.0. The minimum atomic E-state index is -0.858. The van der Waals surface area contributed by atoms with E-state index in [0.29, 0.717) is 17.5 Å². The van der Waals surface area contributed by atoms with Crippen LogP contribution in [0.15, 0.2) is 23.3 Å². The van der Waals surface area contributed by atoms with Gasteiger partial charge in [-0.3, -0.25) is 19.7 Å². The Bertz CT molecular complexity index is 638. The molecule has 0 aliphatic heterocycles. The van der Waals surface area contributed by atoms with E-state index < -0.39 is 16.7 Å². The number of nitrogens with one attached hydrogen (secondary N) is 2. The predicted molar refractivity (Wildman–Crippen MR) is 79.4 cm³/mol. The third kappa shape index (κ3) is 4.11. The van der Waals surface area contributed by atoms with Crippen LogP contribution in [0, 0.1) is 10.1 Å². The molecule has 8 nitrogen and oxygen atoms in total. The fourth-order valence-electron chi connectivity index (χ4n) is 1.82. The smallest absolute Gasteiger partial charge is 0.329 e. The van der Waals surface area contributed by atoms with Gasteiger partial charge in [0.15, 0.2) is 0 Å². The zero-order valence-corrected chi connectivity index (χ0v) is 12.0. The second-order valence-corrected chi connectivity index (χ2v) is 4.95. The summed E-state index contributed by atoms with van der Waals surface area (Å²) in [6.07, 6.45) is 3.58. The molecule has 0 heterocycles. The number of nitrogens with zero attached hydrogens (tertiary/aromatic N) is 2. The Hall–Kier alpha value is -2.77. The van der Waals surface area contributed by atoms with Gasteiger partial charge in [0.25, 0.3) is 5.69 Å².